The second-order valence-corrected chi connectivity index (χ2v) is 15.9. The van der Waals surface area contributed by atoms with Crippen LogP contribution in [-0.4, -0.2) is 118 Å². The van der Waals surface area contributed by atoms with Gasteiger partial charge in [0, 0.05) is 58.4 Å². The summed E-state index contributed by atoms with van der Waals surface area (Å²) < 4.78 is 48.6. The zero-order valence-electron chi connectivity index (χ0n) is 32.0. The van der Waals surface area contributed by atoms with Crippen molar-refractivity contribution in [1.82, 2.24) is 10.6 Å². The number of hydrogen-bond acceptors (Lipinski definition) is 13. The van der Waals surface area contributed by atoms with Gasteiger partial charge in [-0.2, -0.15) is 0 Å². The second kappa shape index (κ2) is 20.0. The van der Waals surface area contributed by atoms with Gasteiger partial charge in [0.2, 0.25) is 21.8 Å². The van der Waals surface area contributed by atoms with E-state index in [0.29, 0.717) is 53.7 Å². The Hall–Kier alpha value is -5.90. The summed E-state index contributed by atoms with van der Waals surface area (Å²) in [4.78, 5) is 72.9. The molecule has 3 heterocycles. The smallest absolute Gasteiger partial charge is 0.414 e. The minimum atomic E-state index is -3.75. The minimum Gasteiger partial charge on any atom is -0.442 e. The van der Waals surface area contributed by atoms with Crippen molar-refractivity contribution >= 4 is 73.8 Å². The number of cyclic esters (lactones) is 3. The molecule has 0 radical (unpaired) electrons. The topological polar surface area (TPSA) is 261 Å². The average molecular weight is 845 g/mol. The molecule has 0 saturated carbocycles. The number of amides is 5. The van der Waals surface area contributed by atoms with Crippen LogP contribution in [0.1, 0.15) is 31.1 Å². The Morgan fingerprint density at radius 2 is 1.05 bits per heavy atom. The number of carbonyl (C=O) groups excluding carboxylic acids is 6. The lowest BCUT2D eigenvalue weighted by Crippen LogP contribution is -2.33. The molecule has 3 aromatic rings. The molecule has 3 fully saturated rings. The van der Waals surface area contributed by atoms with Gasteiger partial charge in [0.25, 0.3) is 0 Å². The van der Waals surface area contributed by atoms with E-state index in [-0.39, 0.29) is 47.9 Å². The highest BCUT2D eigenvalue weighted by atomic mass is 32.2. The van der Waals surface area contributed by atoms with Gasteiger partial charge in [0.15, 0.2) is 5.78 Å². The first-order valence-electron chi connectivity index (χ1n) is 17.6. The number of aliphatic hydroxyl groups excluding tert-OH is 1. The summed E-state index contributed by atoms with van der Waals surface area (Å²) >= 11 is 0. The van der Waals surface area contributed by atoms with Crippen molar-refractivity contribution in [2.45, 2.75) is 48.9 Å². The Balaban J connectivity index is 0.000000193. The summed E-state index contributed by atoms with van der Waals surface area (Å²) in [5.74, 6) is -0.344. The maximum absolute atomic E-state index is 11.8. The summed E-state index contributed by atoms with van der Waals surface area (Å²) in [6.07, 6.45) is -1.14. The third kappa shape index (κ3) is 12.6. The molecule has 3 aliphatic heterocycles. The number of benzene rings is 3. The standard InChI is InChI=1S/C14H16N2O4.C13H16N2O4S.C10H12N2O5S/c1-9(17)11-3-5-12(6-4-11)16-8-13(20-14(16)19)7-15-10(2)18;1-9(16)14-7-11-8-15(13(17)19-11)10-3-5-12(6-4-10)20(2)18;11-18(15,16)9-3-1-7(2-4-9)12-5-8(6-13)17-10(12)14/h3-6,13H,7-8H2,1-2H3,(H,15,18);3-6,11H,7-8H2,1-2H3,(H,14,16);1-4,8,13H,5-6H2,(H2,11,15,16)/t13-;11-,20?;8-/m001/s1. The third-order valence-electron chi connectivity index (χ3n) is 8.53. The minimum absolute atomic E-state index is 0.0240. The van der Waals surface area contributed by atoms with Crippen LogP contribution in [-0.2, 0) is 44.6 Å². The molecule has 3 aliphatic rings. The summed E-state index contributed by atoms with van der Waals surface area (Å²) in [7, 11) is -4.79. The number of aliphatic hydroxyl groups is 1. The predicted molar refractivity (Wildman–Crippen MR) is 210 cm³/mol. The summed E-state index contributed by atoms with van der Waals surface area (Å²) in [6, 6.07) is 19.2. The van der Waals surface area contributed by atoms with E-state index in [9.17, 15) is 41.4 Å². The van der Waals surface area contributed by atoms with Gasteiger partial charge in [0.1, 0.15) is 18.3 Å². The van der Waals surface area contributed by atoms with Crippen LogP contribution in [0.2, 0.25) is 0 Å². The van der Waals surface area contributed by atoms with E-state index in [0.717, 1.165) is 0 Å². The number of ether oxygens (including phenoxy) is 3. The Morgan fingerprint density at radius 1 is 0.690 bits per heavy atom. The Bertz CT molecular complexity index is 2020. The van der Waals surface area contributed by atoms with Crippen molar-refractivity contribution in [2.24, 2.45) is 5.14 Å². The van der Waals surface area contributed by atoms with Gasteiger partial charge in [-0.1, -0.05) is 0 Å². The Kier molecular flexibility index (Phi) is 15.4. The number of rotatable bonds is 11. The number of ketones is 1. The van der Waals surface area contributed by atoms with Crippen LogP contribution in [0.5, 0.6) is 0 Å². The van der Waals surface area contributed by atoms with Crippen LogP contribution >= 0.6 is 0 Å². The van der Waals surface area contributed by atoms with E-state index in [1.807, 2.05) is 0 Å². The van der Waals surface area contributed by atoms with E-state index in [1.165, 1.54) is 59.7 Å². The number of primary sulfonamides is 1. The van der Waals surface area contributed by atoms with Gasteiger partial charge in [-0.25, -0.2) is 27.9 Å². The van der Waals surface area contributed by atoms with Crippen LogP contribution in [0.25, 0.3) is 0 Å². The van der Waals surface area contributed by atoms with Crippen LogP contribution in [0.15, 0.2) is 82.6 Å². The largest absolute Gasteiger partial charge is 0.442 e. The zero-order chi connectivity index (χ0) is 42.7. The summed E-state index contributed by atoms with van der Waals surface area (Å²) in [5, 5.41) is 19.1. The quantitative estimate of drug-likeness (QED) is 0.159. The van der Waals surface area contributed by atoms with Crippen LogP contribution in [0.4, 0.5) is 31.4 Å². The molecule has 21 heteroatoms. The lowest BCUT2D eigenvalue weighted by atomic mass is 10.1. The molecule has 0 spiro atoms. The molecule has 5 amide bonds. The van der Waals surface area contributed by atoms with E-state index in [2.05, 4.69) is 10.6 Å². The molecule has 1 unspecified atom stereocenters. The number of nitrogens with one attached hydrogen (secondary N) is 2. The highest BCUT2D eigenvalue weighted by molar-refractivity contribution is 7.89. The Labute approximate surface area is 336 Å². The van der Waals surface area contributed by atoms with E-state index in [1.54, 1.807) is 54.8 Å². The van der Waals surface area contributed by atoms with Crippen molar-refractivity contribution in [2.75, 3.05) is 60.3 Å². The van der Waals surface area contributed by atoms with Crippen molar-refractivity contribution in [3.05, 3.63) is 78.4 Å². The molecule has 0 bridgehead atoms. The Morgan fingerprint density at radius 3 is 1.38 bits per heavy atom. The van der Waals surface area contributed by atoms with Crippen LogP contribution in [0.3, 0.4) is 0 Å². The maximum Gasteiger partial charge on any atom is 0.414 e. The molecule has 3 saturated heterocycles. The molecule has 5 N–H and O–H groups in total. The second-order valence-electron chi connectivity index (χ2n) is 13.0. The number of Topliss-reactive ketones (excluding diaryl/α,β-unsaturated/α-hetero) is 1. The molecule has 6 rings (SSSR count). The van der Waals surface area contributed by atoms with Crippen LogP contribution in [0, 0.1) is 0 Å². The normalized spacial score (nSPS) is 19.1. The monoisotopic (exact) mass is 844 g/mol. The van der Waals surface area contributed by atoms with E-state index >= 15 is 0 Å². The first-order valence-corrected chi connectivity index (χ1v) is 20.7. The lowest BCUT2D eigenvalue weighted by molar-refractivity contribution is -0.120. The van der Waals surface area contributed by atoms with Crippen molar-refractivity contribution in [1.29, 1.82) is 0 Å². The molecule has 19 nitrogen and oxygen atoms in total. The van der Waals surface area contributed by atoms with Crippen molar-refractivity contribution in [3.8, 4) is 0 Å². The van der Waals surface area contributed by atoms with Gasteiger partial charge in [0.05, 0.1) is 44.2 Å². The zero-order valence-corrected chi connectivity index (χ0v) is 33.6. The fourth-order valence-corrected chi connectivity index (χ4v) is 6.56. The fraction of sp³-hybridized carbons (Fsp3) is 0.351. The van der Waals surface area contributed by atoms with E-state index < -0.39 is 45.2 Å². The van der Waals surface area contributed by atoms with Crippen LogP contribution < -0.4 is 30.5 Å². The number of carbonyl (C=O) groups is 6. The van der Waals surface area contributed by atoms with Crippen molar-refractivity contribution < 1.29 is 60.7 Å². The highest BCUT2D eigenvalue weighted by Crippen LogP contribution is 2.25. The number of nitrogens with zero attached hydrogens (tertiary/aromatic N) is 3. The molecule has 0 aromatic heterocycles. The summed E-state index contributed by atoms with van der Waals surface area (Å²) in [5.41, 5.74) is 2.44. The van der Waals surface area contributed by atoms with Gasteiger partial charge in [-0.15, -0.1) is 0 Å². The third-order valence-corrected chi connectivity index (χ3v) is 10.4. The molecule has 3 aromatic carbocycles. The van der Waals surface area contributed by atoms with Crippen molar-refractivity contribution in [3.63, 3.8) is 0 Å². The molecular weight excluding hydrogens is 801 g/mol. The van der Waals surface area contributed by atoms with Gasteiger partial charge < -0.3 is 30.0 Å². The first-order chi connectivity index (χ1) is 27.4. The molecule has 312 valence electrons. The SMILES string of the molecule is CC(=O)NC[C@H]1CN(c2ccc(C(C)=O)cc2)C(=O)O1.CC(=O)NC[C@H]1CN(c2ccc(S(C)=O)cc2)C(=O)O1.NS(=O)(=O)c1ccc(N2C[C@H](CO)OC2=O)cc1. The first kappa shape index (κ1) is 44.8. The predicted octanol–water partition coefficient (Wildman–Crippen LogP) is 1.89. The lowest BCUT2D eigenvalue weighted by Gasteiger charge is -2.13. The number of anilines is 3. The maximum atomic E-state index is 11.8. The number of sulfonamides is 1. The number of hydrogen-bond donors (Lipinski definition) is 4. The van der Waals surface area contributed by atoms with Gasteiger partial charge in [-0.3, -0.25) is 33.3 Å². The van der Waals surface area contributed by atoms with Gasteiger partial charge >= 0.3 is 18.3 Å². The molecule has 0 aliphatic carbocycles. The molecule has 4 atom stereocenters. The molecular formula is C37H44N6O13S2. The average Bonchev–Trinajstić information content (AvgIpc) is 3.88. The van der Waals surface area contributed by atoms with E-state index in [4.69, 9.17) is 24.5 Å². The number of nitrogens with two attached hydrogens (primary N) is 1. The molecule has 58 heavy (non-hydrogen) atoms. The summed E-state index contributed by atoms with van der Waals surface area (Å²) in [6.45, 7) is 5.64. The van der Waals surface area contributed by atoms with Gasteiger partial charge in [-0.05, 0) is 79.7 Å². The fourth-order valence-electron chi connectivity index (χ4n) is 5.53. The highest BCUT2D eigenvalue weighted by Gasteiger charge is 2.34.